The average molecular weight is 443 g/mol. The number of likely N-dealkylation sites (tertiary alicyclic amines) is 1. The predicted octanol–water partition coefficient (Wildman–Crippen LogP) is 5.50. The zero-order valence-electron chi connectivity index (χ0n) is 19.1. The van der Waals surface area contributed by atoms with E-state index in [0.717, 1.165) is 16.7 Å². The molecule has 2 amide bonds. The Morgan fingerprint density at radius 2 is 1.88 bits per heavy atom. The predicted molar refractivity (Wildman–Crippen MR) is 120 cm³/mol. The number of halogens is 1. The molecule has 2 atom stereocenters. The minimum atomic E-state index is -0.598. The standard InChI is InChI=1S/C25H31FN2O4/c1-17-14-19(26)10-11-21(17)22-15-20(27-23(29)32-25(2,3)4)12-13-28(22)24(30)31-16-18-8-6-5-7-9-18/h5-11,14,20,22H,12-13,15-16H2,1-4H3,(H,27,29)/t20-,22-/m0/s1. The van der Waals surface area contributed by atoms with Crippen LogP contribution in [0.2, 0.25) is 0 Å². The molecule has 2 aromatic carbocycles. The molecular weight excluding hydrogens is 411 g/mol. The number of benzene rings is 2. The van der Waals surface area contributed by atoms with Crippen molar-refractivity contribution in [2.24, 2.45) is 0 Å². The number of amides is 2. The van der Waals surface area contributed by atoms with Gasteiger partial charge in [0.05, 0.1) is 6.04 Å². The van der Waals surface area contributed by atoms with Crippen LogP contribution in [0.5, 0.6) is 0 Å². The van der Waals surface area contributed by atoms with Crippen LogP contribution in [-0.2, 0) is 16.1 Å². The van der Waals surface area contributed by atoms with Crippen LogP contribution in [0.3, 0.4) is 0 Å². The van der Waals surface area contributed by atoms with Crippen LogP contribution in [0.1, 0.15) is 56.3 Å². The second kappa shape index (κ2) is 10.0. The van der Waals surface area contributed by atoms with Crippen molar-refractivity contribution in [3.05, 3.63) is 71.0 Å². The number of alkyl carbamates (subject to hydrolysis) is 1. The number of carbonyl (C=O) groups is 2. The van der Waals surface area contributed by atoms with Gasteiger partial charge in [-0.15, -0.1) is 0 Å². The van der Waals surface area contributed by atoms with Crippen molar-refractivity contribution in [2.75, 3.05) is 6.54 Å². The molecule has 7 heteroatoms. The summed E-state index contributed by atoms with van der Waals surface area (Å²) >= 11 is 0. The van der Waals surface area contributed by atoms with E-state index in [0.29, 0.717) is 19.4 Å². The van der Waals surface area contributed by atoms with Crippen LogP contribution in [0.4, 0.5) is 14.0 Å². The molecule has 172 valence electrons. The van der Waals surface area contributed by atoms with E-state index in [4.69, 9.17) is 9.47 Å². The Hall–Kier alpha value is -3.09. The molecule has 1 aliphatic heterocycles. The quantitative estimate of drug-likeness (QED) is 0.679. The topological polar surface area (TPSA) is 67.9 Å². The number of nitrogens with one attached hydrogen (secondary N) is 1. The molecular formula is C25H31FN2O4. The Bertz CT molecular complexity index is 943. The summed E-state index contributed by atoms with van der Waals surface area (Å²) in [7, 11) is 0. The Morgan fingerprint density at radius 3 is 2.53 bits per heavy atom. The van der Waals surface area contributed by atoms with E-state index in [9.17, 15) is 14.0 Å². The van der Waals surface area contributed by atoms with Crippen molar-refractivity contribution < 1.29 is 23.5 Å². The summed E-state index contributed by atoms with van der Waals surface area (Å²) < 4.78 is 24.7. The van der Waals surface area contributed by atoms with Crippen LogP contribution in [0.15, 0.2) is 48.5 Å². The number of ether oxygens (including phenoxy) is 2. The first-order chi connectivity index (χ1) is 15.1. The van der Waals surface area contributed by atoms with Crippen LogP contribution in [0, 0.1) is 12.7 Å². The molecule has 2 aromatic rings. The third-order valence-electron chi connectivity index (χ3n) is 5.35. The molecule has 1 aliphatic rings. The van der Waals surface area contributed by atoms with Gasteiger partial charge in [0.1, 0.15) is 18.0 Å². The van der Waals surface area contributed by atoms with E-state index in [1.165, 1.54) is 12.1 Å². The molecule has 1 N–H and O–H groups in total. The molecule has 0 radical (unpaired) electrons. The molecule has 32 heavy (non-hydrogen) atoms. The fourth-order valence-corrected chi connectivity index (χ4v) is 3.90. The first kappa shape index (κ1) is 23.6. The lowest BCUT2D eigenvalue weighted by Gasteiger charge is -2.40. The van der Waals surface area contributed by atoms with Crippen molar-refractivity contribution in [2.45, 2.75) is 64.8 Å². The third kappa shape index (κ3) is 6.45. The molecule has 0 bridgehead atoms. The number of rotatable bonds is 4. The van der Waals surface area contributed by atoms with Gasteiger partial charge in [0.15, 0.2) is 0 Å². The molecule has 1 heterocycles. The Morgan fingerprint density at radius 1 is 1.16 bits per heavy atom. The summed E-state index contributed by atoms with van der Waals surface area (Å²) in [5.74, 6) is -0.330. The largest absolute Gasteiger partial charge is 0.445 e. The summed E-state index contributed by atoms with van der Waals surface area (Å²) in [6.45, 7) is 7.81. The third-order valence-corrected chi connectivity index (χ3v) is 5.35. The Kier molecular flexibility index (Phi) is 7.38. The van der Waals surface area contributed by atoms with Gasteiger partial charge in [0, 0.05) is 12.6 Å². The van der Waals surface area contributed by atoms with E-state index in [-0.39, 0.29) is 24.5 Å². The van der Waals surface area contributed by atoms with Gasteiger partial charge in [-0.25, -0.2) is 14.0 Å². The van der Waals surface area contributed by atoms with Crippen molar-refractivity contribution >= 4 is 12.2 Å². The fraction of sp³-hybridized carbons (Fsp3) is 0.440. The maximum Gasteiger partial charge on any atom is 0.410 e. The highest BCUT2D eigenvalue weighted by molar-refractivity contribution is 5.70. The number of nitrogens with zero attached hydrogens (tertiary/aromatic N) is 1. The summed E-state index contributed by atoms with van der Waals surface area (Å²) in [5.41, 5.74) is 1.88. The van der Waals surface area contributed by atoms with Gasteiger partial charge in [0.25, 0.3) is 0 Å². The second-order valence-corrected chi connectivity index (χ2v) is 9.12. The fourth-order valence-electron chi connectivity index (χ4n) is 3.90. The van der Waals surface area contributed by atoms with Crippen molar-refractivity contribution in [1.82, 2.24) is 10.2 Å². The van der Waals surface area contributed by atoms with Gasteiger partial charge < -0.3 is 19.7 Å². The number of hydrogen-bond acceptors (Lipinski definition) is 4. The van der Waals surface area contributed by atoms with E-state index < -0.39 is 17.8 Å². The summed E-state index contributed by atoms with van der Waals surface area (Å²) in [6.07, 6.45) is 0.123. The lowest BCUT2D eigenvalue weighted by molar-refractivity contribution is 0.0414. The second-order valence-electron chi connectivity index (χ2n) is 9.12. The van der Waals surface area contributed by atoms with E-state index in [1.807, 2.05) is 58.0 Å². The molecule has 0 saturated carbocycles. The summed E-state index contributed by atoms with van der Waals surface area (Å²) in [5, 5.41) is 2.91. The maximum atomic E-state index is 13.7. The molecule has 0 aromatic heterocycles. The number of carbonyl (C=O) groups excluding carboxylic acids is 2. The van der Waals surface area contributed by atoms with Gasteiger partial charge in [0.2, 0.25) is 0 Å². The van der Waals surface area contributed by atoms with Gasteiger partial charge in [-0.3, -0.25) is 0 Å². The zero-order chi connectivity index (χ0) is 23.3. The van der Waals surface area contributed by atoms with Crippen LogP contribution < -0.4 is 5.32 Å². The smallest absolute Gasteiger partial charge is 0.410 e. The van der Waals surface area contributed by atoms with E-state index in [2.05, 4.69) is 5.32 Å². The maximum absolute atomic E-state index is 13.7. The molecule has 0 unspecified atom stereocenters. The van der Waals surface area contributed by atoms with Gasteiger partial charge in [-0.1, -0.05) is 36.4 Å². The first-order valence-electron chi connectivity index (χ1n) is 10.9. The van der Waals surface area contributed by atoms with Crippen molar-refractivity contribution in [3.63, 3.8) is 0 Å². The lowest BCUT2D eigenvalue weighted by atomic mass is 9.89. The summed E-state index contributed by atoms with van der Waals surface area (Å²) in [4.78, 5) is 26.9. The highest BCUT2D eigenvalue weighted by Gasteiger charge is 2.35. The first-order valence-corrected chi connectivity index (χ1v) is 10.9. The molecule has 0 aliphatic carbocycles. The van der Waals surface area contributed by atoms with Crippen LogP contribution >= 0.6 is 0 Å². The normalized spacial score (nSPS) is 18.7. The number of hydrogen-bond donors (Lipinski definition) is 1. The summed E-state index contributed by atoms with van der Waals surface area (Å²) in [6, 6.07) is 13.5. The number of piperidine rings is 1. The molecule has 3 rings (SSSR count). The van der Waals surface area contributed by atoms with Gasteiger partial charge >= 0.3 is 12.2 Å². The Labute approximate surface area is 188 Å². The minimum absolute atomic E-state index is 0.172. The van der Waals surface area contributed by atoms with Crippen LogP contribution in [0.25, 0.3) is 0 Å². The van der Waals surface area contributed by atoms with E-state index in [1.54, 1.807) is 11.0 Å². The minimum Gasteiger partial charge on any atom is -0.445 e. The SMILES string of the molecule is Cc1cc(F)ccc1[C@@H]1C[C@@H](NC(=O)OC(C)(C)C)CCN1C(=O)OCc1ccccc1. The highest BCUT2D eigenvalue weighted by atomic mass is 19.1. The monoisotopic (exact) mass is 442 g/mol. The average Bonchev–Trinajstić information content (AvgIpc) is 2.71. The van der Waals surface area contributed by atoms with E-state index >= 15 is 0 Å². The van der Waals surface area contributed by atoms with Crippen molar-refractivity contribution in [3.8, 4) is 0 Å². The molecule has 1 saturated heterocycles. The van der Waals surface area contributed by atoms with Crippen molar-refractivity contribution in [1.29, 1.82) is 0 Å². The van der Waals surface area contributed by atoms with Gasteiger partial charge in [-0.2, -0.15) is 0 Å². The molecule has 6 nitrogen and oxygen atoms in total. The highest BCUT2D eigenvalue weighted by Crippen LogP contribution is 2.34. The van der Waals surface area contributed by atoms with Crippen LogP contribution in [-0.4, -0.2) is 35.3 Å². The number of aryl methyl sites for hydroxylation is 1. The molecule has 0 spiro atoms. The molecule has 1 fully saturated rings. The van der Waals surface area contributed by atoms with Gasteiger partial charge in [-0.05, 0) is 69.4 Å². The zero-order valence-corrected chi connectivity index (χ0v) is 19.1. The Balaban J connectivity index is 1.75. The lowest BCUT2D eigenvalue weighted by Crippen LogP contribution is -2.49.